The van der Waals surface area contributed by atoms with E-state index in [1.807, 2.05) is 12.1 Å². The molecule has 0 unspecified atom stereocenters. The van der Waals surface area contributed by atoms with E-state index < -0.39 is 5.82 Å². The first-order chi connectivity index (χ1) is 18.8. The van der Waals surface area contributed by atoms with Crippen LogP contribution in [0.1, 0.15) is 6.92 Å². The van der Waals surface area contributed by atoms with Crippen molar-refractivity contribution in [3.8, 4) is 17.0 Å². The molecule has 0 aliphatic carbocycles. The fourth-order valence-electron chi connectivity index (χ4n) is 4.73. The SMILES string of the molecule is C=CC(=O)Nc1cc(Nc2cc(-c3cc4cnn(C)c4cc3F)ncn2)c(OC)cc1N1CCN(C)[C@@H](C)C1. The van der Waals surface area contributed by atoms with E-state index >= 15 is 4.39 Å². The Labute approximate surface area is 226 Å². The summed E-state index contributed by atoms with van der Waals surface area (Å²) < 4.78 is 22.4. The van der Waals surface area contributed by atoms with Crippen LogP contribution in [0.25, 0.3) is 22.2 Å². The lowest BCUT2D eigenvalue weighted by atomic mass is 10.1. The molecular weight excluding hydrogens is 499 g/mol. The van der Waals surface area contributed by atoms with Crippen molar-refractivity contribution in [1.29, 1.82) is 0 Å². The molecule has 2 aromatic carbocycles. The first kappa shape index (κ1) is 26.1. The molecule has 5 rings (SSSR count). The molecule has 2 aromatic heterocycles. The van der Waals surface area contributed by atoms with Crippen molar-refractivity contribution in [1.82, 2.24) is 24.6 Å². The zero-order chi connectivity index (χ0) is 27.7. The van der Waals surface area contributed by atoms with Gasteiger partial charge in [0.05, 0.1) is 41.6 Å². The Kier molecular flexibility index (Phi) is 7.16. The molecule has 10 nitrogen and oxygen atoms in total. The fourth-order valence-corrected chi connectivity index (χ4v) is 4.73. The molecule has 0 radical (unpaired) electrons. The van der Waals surface area contributed by atoms with Crippen molar-refractivity contribution in [3.05, 3.63) is 61.3 Å². The average Bonchev–Trinajstić information content (AvgIpc) is 3.29. The Hall–Kier alpha value is -4.51. The van der Waals surface area contributed by atoms with Crippen LogP contribution in [0, 0.1) is 5.82 Å². The second-order valence-corrected chi connectivity index (χ2v) is 9.61. The van der Waals surface area contributed by atoms with Crippen LogP contribution in [-0.2, 0) is 11.8 Å². The van der Waals surface area contributed by atoms with E-state index in [0.29, 0.717) is 45.8 Å². The molecule has 1 fully saturated rings. The van der Waals surface area contributed by atoms with Crippen LogP contribution >= 0.6 is 0 Å². The number of benzene rings is 2. The van der Waals surface area contributed by atoms with Crippen molar-refractivity contribution in [2.24, 2.45) is 7.05 Å². The highest BCUT2D eigenvalue weighted by Crippen LogP contribution is 2.39. The topological polar surface area (TPSA) is 100 Å². The molecule has 1 aliphatic heterocycles. The number of likely N-dealkylation sites (N-methyl/N-ethyl adjacent to an activating group) is 1. The normalized spacial score (nSPS) is 15.8. The largest absolute Gasteiger partial charge is 0.494 e. The van der Waals surface area contributed by atoms with Gasteiger partial charge >= 0.3 is 0 Å². The Morgan fingerprint density at radius 2 is 1.97 bits per heavy atom. The Bertz CT molecular complexity index is 1550. The number of piperazine rings is 1. The molecule has 1 aliphatic rings. The molecule has 2 N–H and O–H groups in total. The van der Waals surface area contributed by atoms with Crippen molar-refractivity contribution in [3.63, 3.8) is 0 Å². The number of methoxy groups -OCH3 is 1. The number of ether oxygens (including phenoxy) is 1. The number of nitrogens with zero attached hydrogens (tertiary/aromatic N) is 6. The number of hydrogen-bond donors (Lipinski definition) is 2. The first-order valence-corrected chi connectivity index (χ1v) is 12.6. The van der Waals surface area contributed by atoms with Crippen molar-refractivity contribution in [2.45, 2.75) is 13.0 Å². The smallest absolute Gasteiger partial charge is 0.247 e. The molecule has 202 valence electrons. The fraction of sp³-hybridized carbons (Fsp3) is 0.286. The number of carbonyl (C=O) groups excluding carboxylic acids is 1. The van der Waals surface area contributed by atoms with Gasteiger partial charge in [0.15, 0.2) is 0 Å². The second kappa shape index (κ2) is 10.7. The van der Waals surface area contributed by atoms with Crippen LogP contribution in [0.4, 0.5) is 27.3 Å². The summed E-state index contributed by atoms with van der Waals surface area (Å²) in [4.78, 5) is 25.5. The standard InChI is InChI=1S/C28H31FN8O2/c1-6-28(38)34-22-11-23(26(39-5)13-25(22)37-8-7-35(3)17(2)15-37)33-27-12-21(30-16-31-27)19-9-18-14-32-36(4)24(18)10-20(19)29/h6,9-14,16-17H,1,7-8,15H2,2-5H3,(H,34,38)(H,30,31,33)/t17-/m0/s1. The highest BCUT2D eigenvalue weighted by Gasteiger charge is 2.25. The Morgan fingerprint density at radius 1 is 1.15 bits per heavy atom. The number of hydrogen-bond acceptors (Lipinski definition) is 8. The zero-order valence-corrected chi connectivity index (χ0v) is 22.4. The highest BCUT2D eigenvalue weighted by molar-refractivity contribution is 6.02. The van der Waals surface area contributed by atoms with E-state index in [9.17, 15) is 4.79 Å². The van der Waals surface area contributed by atoms with Crippen LogP contribution in [-0.4, -0.2) is 70.4 Å². The molecule has 3 heterocycles. The Morgan fingerprint density at radius 3 is 2.72 bits per heavy atom. The maximum absolute atomic E-state index is 15.0. The number of nitrogens with one attached hydrogen (secondary N) is 2. The van der Waals surface area contributed by atoms with Crippen LogP contribution < -0.4 is 20.3 Å². The summed E-state index contributed by atoms with van der Waals surface area (Å²) in [7, 11) is 5.46. The van der Waals surface area contributed by atoms with E-state index in [2.05, 4.69) is 56.1 Å². The maximum atomic E-state index is 15.0. The zero-order valence-electron chi connectivity index (χ0n) is 22.4. The predicted molar refractivity (Wildman–Crippen MR) is 151 cm³/mol. The minimum atomic E-state index is -0.409. The second-order valence-electron chi connectivity index (χ2n) is 9.61. The monoisotopic (exact) mass is 530 g/mol. The molecule has 11 heteroatoms. The lowest BCUT2D eigenvalue weighted by Gasteiger charge is -2.39. The number of halogens is 1. The van der Waals surface area contributed by atoms with Crippen molar-refractivity contribution >= 4 is 39.7 Å². The van der Waals surface area contributed by atoms with Gasteiger partial charge in [0, 0.05) is 61.9 Å². The number of anilines is 4. The van der Waals surface area contributed by atoms with E-state index in [1.165, 1.54) is 18.5 Å². The quantitative estimate of drug-likeness (QED) is 0.343. The van der Waals surface area contributed by atoms with Gasteiger partial charge in [0.25, 0.3) is 0 Å². The van der Waals surface area contributed by atoms with Crippen LogP contribution in [0.5, 0.6) is 5.75 Å². The first-order valence-electron chi connectivity index (χ1n) is 12.6. The minimum absolute atomic E-state index is 0.319. The Balaban J connectivity index is 1.50. The minimum Gasteiger partial charge on any atom is -0.494 e. The van der Waals surface area contributed by atoms with Crippen molar-refractivity contribution in [2.75, 3.05) is 49.3 Å². The van der Waals surface area contributed by atoms with Gasteiger partial charge in [0.2, 0.25) is 5.91 Å². The molecule has 1 saturated heterocycles. The lowest BCUT2D eigenvalue weighted by molar-refractivity contribution is -0.111. The van der Waals surface area contributed by atoms with E-state index in [0.717, 1.165) is 30.7 Å². The van der Waals surface area contributed by atoms with Gasteiger partial charge in [-0.3, -0.25) is 9.48 Å². The van der Waals surface area contributed by atoms with Gasteiger partial charge in [-0.25, -0.2) is 14.4 Å². The van der Waals surface area contributed by atoms with E-state index in [4.69, 9.17) is 4.74 Å². The number of rotatable bonds is 7. The summed E-state index contributed by atoms with van der Waals surface area (Å²) in [5, 5.41) is 11.2. The molecule has 4 aromatic rings. The molecule has 0 saturated carbocycles. The average molecular weight is 531 g/mol. The van der Waals surface area contributed by atoms with E-state index in [-0.39, 0.29) is 5.91 Å². The van der Waals surface area contributed by atoms with E-state index in [1.54, 1.807) is 37.2 Å². The van der Waals surface area contributed by atoms with Gasteiger partial charge in [-0.05, 0) is 32.2 Å². The molecular formula is C28H31FN8O2. The number of fused-ring (bicyclic) bond motifs is 1. The third-order valence-electron chi connectivity index (χ3n) is 7.10. The summed E-state index contributed by atoms with van der Waals surface area (Å²) in [6.07, 6.45) is 4.29. The summed E-state index contributed by atoms with van der Waals surface area (Å²) in [6.45, 7) is 8.25. The van der Waals surface area contributed by atoms with Crippen LogP contribution in [0.3, 0.4) is 0 Å². The molecule has 0 spiro atoms. The number of aryl methyl sites for hydroxylation is 1. The van der Waals surface area contributed by atoms with Gasteiger partial charge < -0.3 is 25.2 Å². The van der Waals surface area contributed by atoms with Gasteiger partial charge in [-0.15, -0.1) is 0 Å². The number of carbonyl (C=O) groups is 1. The summed E-state index contributed by atoms with van der Waals surface area (Å²) >= 11 is 0. The van der Waals surface area contributed by atoms with Crippen LogP contribution in [0.2, 0.25) is 0 Å². The summed E-state index contributed by atoms with van der Waals surface area (Å²) in [5.74, 6) is 0.274. The summed E-state index contributed by atoms with van der Waals surface area (Å²) in [5.41, 5.74) is 3.49. The molecule has 0 bridgehead atoms. The van der Waals surface area contributed by atoms with Crippen molar-refractivity contribution < 1.29 is 13.9 Å². The molecule has 1 atom stereocenters. The molecule has 1 amide bonds. The van der Waals surface area contributed by atoms with Gasteiger partial charge in [-0.2, -0.15) is 5.10 Å². The third kappa shape index (κ3) is 5.26. The predicted octanol–water partition coefficient (Wildman–Crippen LogP) is 4.19. The third-order valence-corrected chi connectivity index (χ3v) is 7.10. The highest BCUT2D eigenvalue weighted by atomic mass is 19.1. The van der Waals surface area contributed by atoms with Crippen LogP contribution in [0.15, 0.2) is 55.5 Å². The molecule has 39 heavy (non-hydrogen) atoms. The van der Waals surface area contributed by atoms with Gasteiger partial charge in [-0.1, -0.05) is 6.58 Å². The lowest BCUT2D eigenvalue weighted by Crippen LogP contribution is -2.50. The maximum Gasteiger partial charge on any atom is 0.247 e. The van der Waals surface area contributed by atoms with Gasteiger partial charge in [0.1, 0.15) is 23.7 Å². The number of aromatic nitrogens is 4. The number of amides is 1. The summed E-state index contributed by atoms with van der Waals surface area (Å²) in [6, 6.07) is 8.88.